The average Bonchev–Trinajstić information content (AvgIpc) is 3.05. The minimum absolute atomic E-state index is 0.0409. The Balaban J connectivity index is 1.94. The van der Waals surface area contributed by atoms with E-state index in [2.05, 4.69) is 11.9 Å². The molecule has 0 fully saturated rings. The fourth-order valence-electron chi connectivity index (χ4n) is 3.01. The lowest BCUT2D eigenvalue weighted by Crippen LogP contribution is -2.04. The molecule has 0 aliphatic rings. The number of imidazole rings is 1. The van der Waals surface area contributed by atoms with Crippen LogP contribution < -0.4 is 5.43 Å². The molecule has 0 atom stereocenters. The molecule has 0 radical (unpaired) electrons. The van der Waals surface area contributed by atoms with E-state index in [1.54, 1.807) is 24.4 Å². The Kier molecular flexibility index (Phi) is 3.31. The van der Waals surface area contributed by atoms with Crippen LogP contribution in [0.25, 0.3) is 16.6 Å². The molecule has 4 heteroatoms. The van der Waals surface area contributed by atoms with Crippen LogP contribution in [0.5, 0.6) is 0 Å². The van der Waals surface area contributed by atoms with Crippen molar-refractivity contribution >= 4 is 22.3 Å². The number of H-pyrrole nitrogens is 1. The van der Waals surface area contributed by atoms with Crippen molar-refractivity contribution in [1.82, 2.24) is 9.38 Å². The van der Waals surface area contributed by atoms with Crippen LogP contribution in [0, 0.1) is 0 Å². The van der Waals surface area contributed by atoms with Crippen molar-refractivity contribution in [1.29, 1.82) is 0 Å². The maximum atomic E-state index is 12.6. The molecule has 0 unspecified atom stereocenters. The van der Waals surface area contributed by atoms with Crippen LogP contribution in [0.3, 0.4) is 0 Å². The van der Waals surface area contributed by atoms with Crippen molar-refractivity contribution in [2.45, 2.75) is 13.3 Å². The van der Waals surface area contributed by atoms with Gasteiger partial charge in [0.25, 0.3) is 0 Å². The molecule has 0 bridgehead atoms. The maximum Gasteiger partial charge on any atom is 0.210 e. The van der Waals surface area contributed by atoms with Crippen molar-refractivity contribution in [3.8, 4) is 0 Å². The van der Waals surface area contributed by atoms with Gasteiger partial charge in [-0.2, -0.15) is 0 Å². The second kappa shape index (κ2) is 5.49. The maximum absolute atomic E-state index is 12.6. The zero-order valence-electron chi connectivity index (χ0n) is 13.2. The fourth-order valence-corrected chi connectivity index (χ4v) is 3.01. The predicted octanol–water partition coefficient (Wildman–Crippen LogP) is 3.57. The average molecular weight is 316 g/mol. The molecular weight excluding hydrogens is 300 g/mol. The summed E-state index contributed by atoms with van der Waals surface area (Å²) in [6, 6.07) is 16.5. The molecule has 0 saturated carbocycles. The second-order valence-corrected chi connectivity index (χ2v) is 5.83. The number of pyridine rings is 1. The number of nitrogens with zero attached hydrogens (tertiary/aromatic N) is 1. The minimum atomic E-state index is -0.0925. The Morgan fingerprint density at radius 2 is 1.88 bits per heavy atom. The van der Waals surface area contributed by atoms with Crippen molar-refractivity contribution in [3.05, 3.63) is 87.8 Å². The highest BCUT2D eigenvalue weighted by molar-refractivity contribution is 6.08. The smallest absolute Gasteiger partial charge is 0.210 e. The predicted molar refractivity (Wildman–Crippen MR) is 94.8 cm³/mol. The minimum Gasteiger partial charge on any atom is -0.337 e. The lowest BCUT2D eigenvalue weighted by molar-refractivity contribution is 0.103. The van der Waals surface area contributed by atoms with Gasteiger partial charge in [-0.05, 0) is 24.1 Å². The van der Waals surface area contributed by atoms with Crippen molar-refractivity contribution in [2.75, 3.05) is 0 Å². The summed E-state index contributed by atoms with van der Waals surface area (Å²) >= 11 is 0. The van der Waals surface area contributed by atoms with Gasteiger partial charge in [0.15, 0.2) is 5.43 Å². The van der Waals surface area contributed by atoms with Crippen molar-refractivity contribution < 1.29 is 4.79 Å². The largest absolute Gasteiger partial charge is 0.337 e. The third-order valence-electron chi connectivity index (χ3n) is 4.32. The summed E-state index contributed by atoms with van der Waals surface area (Å²) < 4.78 is 1.87. The summed E-state index contributed by atoms with van der Waals surface area (Å²) in [6.45, 7) is 2.06. The molecule has 0 aliphatic carbocycles. The lowest BCUT2D eigenvalue weighted by atomic mass is 10.1. The van der Waals surface area contributed by atoms with Crippen LogP contribution in [-0.4, -0.2) is 15.2 Å². The number of carbonyl (C=O) groups is 1. The molecule has 118 valence electrons. The van der Waals surface area contributed by atoms with E-state index in [0.29, 0.717) is 22.3 Å². The van der Waals surface area contributed by atoms with Gasteiger partial charge in [0.05, 0.1) is 5.52 Å². The first-order chi connectivity index (χ1) is 11.7. The summed E-state index contributed by atoms with van der Waals surface area (Å²) in [5.41, 5.74) is 3.59. The molecule has 1 N–H and O–H groups in total. The summed E-state index contributed by atoms with van der Waals surface area (Å²) in [4.78, 5) is 28.1. The van der Waals surface area contributed by atoms with Crippen molar-refractivity contribution in [3.63, 3.8) is 0 Å². The number of carbonyl (C=O) groups excluding carboxylic acids is 1. The number of hydrogen-bond donors (Lipinski definition) is 1. The molecule has 0 spiro atoms. The number of nitrogens with one attached hydrogen (secondary N) is 1. The third kappa shape index (κ3) is 2.24. The molecule has 2 heterocycles. The highest BCUT2D eigenvalue weighted by atomic mass is 16.1. The first kappa shape index (κ1) is 14.5. The van der Waals surface area contributed by atoms with E-state index >= 15 is 0 Å². The number of ketones is 1. The summed E-state index contributed by atoms with van der Waals surface area (Å²) in [7, 11) is 0. The number of rotatable bonds is 3. The summed E-state index contributed by atoms with van der Waals surface area (Å²) in [6.07, 6.45) is 2.64. The molecule has 0 amide bonds. The first-order valence-electron chi connectivity index (χ1n) is 7.94. The topological polar surface area (TPSA) is 54.3 Å². The van der Waals surface area contributed by atoms with Gasteiger partial charge in [-0.1, -0.05) is 43.3 Å². The zero-order valence-corrected chi connectivity index (χ0v) is 13.2. The van der Waals surface area contributed by atoms with Gasteiger partial charge in [0.1, 0.15) is 11.3 Å². The lowest BCUT2D eigenvalue weighted by Gasteiger charge is -2.03. The number of fused-ring (bicyclic) bond motifs is 3. The molecule has 0 aliphatic heterocycles. The SMILES string of the molecule is CCc1ccc2c(c1)c(=O)cc1[nH]c(C(=O)c3ccccc3)cn12. The summed E-state index contributed by atoms with van der Waals surface area (Å²) in [5.74, 6) is -0.0925. The van der Waals surface area contributed by atoms with Crippen LogP contribution in [0.15, 0.2) is 65.6 Å². The van der Waals surface area contributed by atoms with Gasteiger partial charge < -0.3 is 9.38 Å². The van der Waals surface area contributed by atoms with E-state index in [9.17, 15) is 9.59 Å². The van der Waals surface area contributed by atoms with E-state index in [1.807, 2.05) is 40.8 Å². The van der Waals surface area contributed by atoms with Gasteiger partial charge in [-0.3, -0.25) is 9.59 Å². The third-order valence-corrected chi connectivity index (χ3v) is 4.32. The molecule has 2 aromatic carbocycles. The number of aryl methyl sites for hydroxylation is 1. The fraction of sp³-hybridized carbons (Fsp3) is 0.100. The zero-order chi connectivity index (χ0) is 16.7. The highest BCUT2D eigenvalue weighted by Crippen LogP contribution is 2.18. The number of hydrogen-bond acceptors (Lipinski definition) is 2. The van der Waals surface area contributed by atoms with Crippen LogP contribution in [0.1, 0.15) is 28.5 Å². The molecule has 24 heavy (non-hydrogen) atoms. The number of aromatic amines is 1. The normalized spacial score (nSPS) is 11.2. The van der Waals surface area contributed by atoms with E-state index in [0.717, 1.165) is 17.5 Å². The molecular formula is C20H16N2O2. The monoisotopic (exact) mass is 316 g/mol. The van der Waals surface area contributed by atoms with Crippen LogP contribution in [-0.2, 0) is 6.42 Å². The molecule has 0 saturated heterocycles. The Morgan fingerprint density at radius 1 is 1.08 bits per heavy atom. The molecule has 2 aromatic heterocycles. The quantitative estimate of drug-likeness (QED) is 0.587. The molecule has 4 rings (SSSR count). The second-order valence-electron chi connectivity index (χ2n) is 5.83. The van der Waals surface area contributed by atoms with Gasteiger partial charge in [-0.15, -0.1) is 0 Å². The molecule has 4 nitrogen and oxygen atoms in total. The first-order valence-corrected chi connectivity index (χ1v) is 7.94. The van der Waals surface area contributed by atoms with Gasteiger partial charge in [-0.25, -0.2) is 0 Å². The Morgan fingerprint density at radius 3 is 2.62 bits per heavy atom. The van der Waals surface area contributed by atoms with Crippen molar-refractivity contribution in [2.24, 2.45) is 0 Å². The highest BCUT2D eigenvalue weighted by Gasteiger charge is 2.14. The van der Waals surface area contributed by atoms with Crippen LogP contribution in [0.2, 0.25) is 0 Å². The van der Waals surface area contributed by atoms with E-state index in [-0.39, 0.29) is 11.2 Å². The molecule has 4 aromatic rings. The van der Waals surface area contributed by atoms with Gasteiger partial charge in [0.2, 0.25) is 5.78 Å². The Hall–Kier alpha value is -3.14. The van der Waals surface area contributed by atoms with Crippen LogP contribution >= 0.6 is 0 Å². The summed E-state index contributed by atoms with van der Waals surface area (Å²) in [5, 5.41) is 0.671. The van der Waals surface area contributed by atoms with E-state index in [4.69, 9.17) is 0 Å². The Labute approximate surface area is 138 Å². The standard InChI is InChI=1S/C20H16N2O2/c1-2-13-8-9-17-15(10-13)18(23)11-19-21-16(12-22(17)19)20(24)14-6-4-3-5-7-14/h3-12,21H,2H2,1H3. The Bertz CT molecular complexity index is 1120. The van der Waals surface area contributed by atoms with E-state index < -0.39 is 0 Å². The van der Waals surface area contributed by atoms with E-state index in [1.165, 1.54) is 0 Å². The number of benzene rings is 2. The van der Waals surface area contributed by atoms with Gasteiger partial charge in [0, 0.05) is 23.2 Å². The van der Waals surface area contributed by atoms with Crippen LogP contribution in [0.4, 0.5) is 0 Å². The van der Waals surface area contributed by atoms with Gasteiger partial charge >= 0.3 is 0 Å². The number of aromatic nitrogens is 2.